The van der Waals surface area contributed by atoms with Crippen LogP contribution in [0, 0.1) is 0 Å². The number of piperidine rings is 1. The fraction of sp³-hybridized carbons (Fsp3) is 0.500. The standard InChI is InChI=1S/C14H19ClN6O.ClH/c1-20-8-10(15)7-11(20)13(22)18-14-17-12(19-21(14)2)9-3-5-16-6-4-9;/h7-9,16H,3-6H2,1-2H3,(H,17,18,19,22);1H. The average molecular weight is 359 g/mol. The van der Waals surface area contributed by atoms with Crippen LogP contribution in [0.5, 0.6) is 0 Å². The molecule has 126 valence electrons. The van der Waals surface area contributed by atoms with E-state index in [1.165, 1.54) is 0 Å². The largest absolute Gasteiger partial charge is 0.345 e. The highest BCUT2D eigenvalue weighted by atomic mass is 35.5. The Labute approximate surface area is 145 Å². The van der Waals surface area contributed by atoms with Crippen molar-refractivity contribution in [2.75, 3.05) is 18.4 Å². The molecule has 9 heteroatoms. The van der Waals surface area contributed by atoms with Crippen molar-refractivity contribution in [1.82, 2.24) is 24.6 Å². The highest BCUT2D eigenvalue weighted by Gasteiger charge is 2.22. The molecule has 0 aliphatic carbocycles. The minimum absolute atomic E-state index is 0. The van der Waals surface area contributed by atoms with Crippen molar-refractivity contribution in [3.8, 4) is 0 Å². The van der Waals surface area contributed by atoms with Crippen molar-refractivity contribution < 1.29 is 4.79 Å². The van der Waals surface area contributed by atoms with Crippen molar-refractivity contribution in [2.45, 2.75) is 18.8 Å². The predicted octanol–water partition coefficient (Wildman–Crippen LogP) is 1.95. The van der Waals surface area contributed by atoms with Crippen LogP contribution < -0.4 is 10.6 Å². The van der Waals surface area contributed by atoms with Gasteiger partial charge in [-0.05, 0) is 32.0 Å². The molecule has 0 saturated carbocycles. The van der Waals surface area contributed by atoms with Crippen LogP contribution in [0.4, 0.5) is 5.95 Å². The van der Waals surface area contributed by atoms with E-state index in [0.29, 0.717) is 22.6 Å². The third-order valence-corrected chi connectivity index (χ3v) is 4.12. The third kappa shape index (κ3) is 3.85. The Balaban J connectivity index is 0.00000192. The number of carbonyl (C=O) groups is 1. The summed E-state index contributed by atoms with van der Waals surface area (Å²) in [7, 11) is 3.56. The molecule has 0 unspecified atom stereocenters. The van der Waals surface area contributed by atoms with Crippen molar-refractivity contribution >= 4 is 35.9 Å². The second-order valence-electron chi connectivity index (χ2n) is 5.55. The van der Waals surface area contributed by atoms with Gasteiger partial charge < -0.3 is 9.88 Å². The number of nitrogens with one attached hydrogen (secondary N) is 2. The van der Waals surface area contributed by atoms with Gasteiger partial charge in [0, 0.05) is 26.2 Å². The van der Waals surface area contributed by atoms with Gasteiger partial charge in [0.15, 0.2) is 5.82 Å². The highest BCUT2D eigenvalue weighted by Crippen LogP contribution is 2.23. The first-order chi connectivity index (χ1) is 10.5. The first kappa shape index (κ1) is 17.8. The van der Waals surface area contributed by atoms with Crippen molar-refractivity contribution in [2.24, 2.45) is 14.1 Å². The summed E-state index contributed by atoms with van der Waals surface area (Å²) in [6, 6.07) is 1.63. The van der Waals surface area contributed by atoms with Gasteiger partial charge >= 0.3 is 0 Å². The summed E-state index contributed by atoms with van der Waals surface area (Å²) in [5.74, 6) is 1.35. The van der Waals surface area contributed by atoms with E-state index in [0.717, 1.165) is 31.8 Å². The maximum absolute atomic E-state index is 12.3. The number of nitrogens with zero attached hydrogens (tertiary/aromatic N) is 4. The number of anilines is 1. The molecule has 1 aliphatic heterocycles. The molecule has 2 N–H and O–H groups in total. The van der Waals surface area contributed by atoms with Gasteiger partial charge in [0.25, 0.3) is 5.91 Å². The van der Waals surface area contributed by atoms with Gasteiger partial charge in [0.2, 0.25) is 5.95 Å². The Morgan fingerprint density at radius 1 is 1.39 bits per heavy atom. The molecule has 1 saturated heterocycles. The molecule has 1 fully saturated rings. The fourth-order valence-electron chi connectivity index (χ4n) is 2.68. The molecule has 0 bridgehead atoms. The Kier molecular flexibility index (Phi) is 5.67. The van der Waals surface area contributed by atoms with Crippen LogP contribution in [0.15, 0.2) is 12.3 Å². The minimum Gasteiger partial charge on any atom is -0.345 e. The second kappa shape index (κ2) is 7.33. The monoisotopic (exact) mass is 358 g/mol. The Morgan fingerprint density at radius 3 is 2.70 bits per heavy atom. The van der Waals surface area contributed by atoms with Crippen LogP contribution >= 0.6 is 24.0 Å². The lowest BCUT2D eigenvalue weighted by molar-refractivity contribution is 0.101. The zero-order valence-corrected chi connectivity index (χ0v) is 14.6. The maximum atomic E-state index is 12.3. The molecule has 0 aromatic carbocycles. The van der Waals surface area contributed by atoms with E-state index in [-0.39, 0.29) is 18.3 Å². The molecule has 0 atom stereocenters. The first-order valence-electron chi connectivity index (χ1n) is 7.29. The van der Waals surface area contributed by atoms with E-state index in [1.54, 1.807) is 35.6 Å². The van der Waals surface area contributed by atoms with Gasteiger partial charge in [0.05, 0.1) is 5.02 Å². The Hall–Kier alpha value is -1.57. The molecule has 3 rings (SSSR count). The van der Waals surface area contributed by atoms with Crippen molar-refractivity contribution in [1.29, 1.82) is 0 Å². The lowest BCUT2D eigenvalue weighted by Crippen LogP contribution is -2.27. The lowest BCUT2D eigenvalue weighted by atomic mass is 9.98. The van der Waals surface area contributed by atoms with Crippen LogP contribution in [0.1, 0.15) is 35.1 Å². The summed E-state index contributed by atoms with van der Waals surface area (Å²) in [6.45, 7) is 1.96. The van der Waals surface area contributed by atoms with Crippen LogP contribution in [-0.2, 0) is 14.1 Å². The minimum atomic E-state index is -0.248. The van der Waals surface area contributed by atoms with Gasteiger partial charge in [0.1, 0.15) is 5.69 Å². The number of aryl methyl sites for hydroxylation is 2. The number of hydrogen-bond acceptors (Lipinski definition) is 4. The van der Waals surface area contributed by atoms with Gasteiger partial charge in [-0.3, -0.25) is 10.1 Å². The average Bonchev–Trinajstić information content (AvgIpc) is 3.03. The van der Waals surface area contributed by atoms with E-state index in [9.17, 15) is 4.79 Å². The molecule has 2 aromatic rings. The fourth-order valence-corrected chi connectivity index (χ4v) is 2.93. The van der Waals surface area contributed by atoms with Crippen molar-refractivity contribution in [3.63, 3.8) is 0 Å². The van der Waals surface area contributed by atoms with E-state index < -0.39 is 0 Å². The SMILES string of the molecule is Cl.Cn1cc(Cl)cc1C(=O)Nc1nc(C2CCNCC2)nn1C. The summed E-state index contributed by atoms with van der Waals surface area (Å²) in [5.41, 5.74) is 0.483. The molecule has 23 heavy (non-hydrogen) atoms. The van der Waals surface area contributed by atoms with E-state index in [1.807, 2.05) is 0 Å². The molecule has 1 aliphatic rings. The predicted molar refractivity (Wildman–Crippen MR) is 91.5 cm³/mol. The Bertz CT molecular complexity index is 689. The molecular weight excluding hydrogens is 339 g/mol. The number of halogens is 2. The molecule has 1 amide bonds. The Morgan fingerprint density at radius 2 is 2.09 bits per heavy atom. The first-order valence-corrected chi connectivity index (χ1v) is 7.67. The zero-order chi connectivity index (χ0) is 15.7. The van der Waals surface area contributed by atoms with E-state index >= 15 is 0 Å². The van der Waals surface area contributed by atoms with E-state index in [2.05, 4.69) is 20.7 Å². The summed E-state index contributed by atoms with van der Waals surface area (Å²) >= 11 is 5.91. The third-order valence-electron chi connectivity index (χ3n) is 3.91. The second-order valence-corrected chi connectivity index (χ2v) is 5.99. The summed E-state index contributed by atoms with van der Waals surface area (Å²) < 4.78 is 3.29. The quantitative estimate of drug-likeness (QED) is 0.878. The molecule has 0 radical (unpaired) electrons. The van der Waals surface area contributed by atoms with Gasteiger partial charge in [-0.2, -0.15) is 10.1 Å². The maximum Gasteiger partial charge on any atom is 0.274 e. The molecule has 7 nitrogen and oxygen atoms in total. The number of carbonyl (C=O) groups excluding carboxylic acids is 1. The summed E-state index contributed by atoms with van der Waals surface area (Å²) in [6.07, 6.45) is 3.73. The van der Waals surface area contributed by atoms with Crippen LogP contribution in [0.3, 0.4) is 0 Å². The van der Waals surface area contributed by atoms with Crippen molar-refractivity contribution in [3.05, 3.63) is 28.8 Å². The lowest BCUT2D eigenvalue weighted by Gasteiger charge is -2.19. The molecule has 2 aromatic heterocycles. The number of hydrogen-bond donors (Lipinski definition) is 2. The zero-order valence-electron chi connectivity index (χ0n) is 13.0. The smallest absolute Gasteiger partial charge is 0.274 e. The summed E-state index contributed by atoms with van der Waals surface area (Å²) in [5, 5.41) is 11.1. The van der Waals surface area contributed by atoms with Crippen LogP contribution in [0.2, 0.25) is 5.02 Å². The van der Waals surface area contributed by atoms with Crippen LogP contribution in [-0.4, -0.2) is 38.3 Å². The highest BCUT2D eigenvalue weighted by molar-refractivity contribution is 6.31. The number of amides is 1. The summed E-state index contributed by atoms with van der Waals surface area (Å²) in [4.78, 5) is 16.8. The molecular formula is C14H20Cl2N6O. The topological polar surface area (TPSA) is 76.8 Å². The normalized spacial score (nSPS) is 15.3. The van der Waals surface area contributed by atoms with E-state index in [4.69, 9.17) is 11.6 Å². The number of rotatable bonds is 3. The number of aromatic nitrogens is 4. The van der Waals surface area contributed by atoms with Gasteiger partial charge in [-0.15, -0.1) is 12.4 Å². The van der Waals surface area contributed by atoms with Crippen LogP contribution in [0.25, 0.3) is 0 Å². The molecule has 0 spiro atoms. The molecule has 3 heterocycles. The van der Waals surface area contributed by atoms with Gasteiger partial charge in [-0.25, -0.2) is 4.68 Å². The van der Waals surface area contributed by atoms with Gasteiger partial charge in [-0.1, -0.05) is 11.6 Å².